The quantitative estimate of drug-likeness (QED) is 0.687. The second kappa shape index (κ2) is 8.21. The summed E-state index contributed by atoms with van der Waals surface area (Å²) in [5.41, 5.74) is 0.494. The number of hydrogen-bond acceptors (Lipinski definition) is 4. The largest absolute Gasteiger partial charge is 0.452 e. The number of hydrogen-bond donors (Lipinski definition) is 1. The number of esters is 1. The van der Waals surface area contributed by atoms with Crippen molar-refractivity contribution in [3.63, 3.8) is 0 Å². The van der Waals surface area contributed by atoms with E-state index in [1.165, 1.54) is 38.5 Å². The fraction of sp³-hybridized carbons (Fsp3) is 0.652. The first-order valence-corrected chi connectivity index (χ1v) is 12.2. The van der Waals surface area contributed by atoms with Crippen LogP contribution in [0.5, 0.6) is 0 Å². The van der Waals surface area contributed by atoms with Crippen molar-refractivity contribution in [2.45, 2.75) is 63.3 Å². The van der Waals surface area contributed by atoms with Crippen LogP contribution in [-0.4, -0.2) is 34.5 Å². The molecule has 0 saturated heterocycles. The van der Waals surface area contributed by atoms with Crippen LogP contribution < -0.4 is 5.32 Å². The van der Waals surface area contributed by atoms with E-state index >= 15 is 0 Å². The number of rotatable bonds is 7. The van der Waals surface area contributed by atoms with Gasteiger partial charge in [-0.25, -0.2) is 4.79 Å². The molecule has 0 aliphatic heterocycles. The lowest BCUT2D eigenvalue weighted by Gasteiger charge is -2.59. The van der Waals surface area contributed by atoms with Crippen molar-refractivity contribution in [2.24, 2.45) is 23.2 Å². The lowest BCUT2D eigenvalue weighted by atomic mass is 9.48. The third-order valence-electron chi connectivity index (χ3n) is 7.33. The summed E-state index contributed by atoms with van der Waals surface area (Å²) in [5, 5.41) is 3.12. The standard InChI is InChI=1S/C23H31NO4S/c1-3-29(27)20-7-5-4-6-19(20)22(26)28-14-21(25)24-15(2)23-11-16-8-17(12-23)10-18(9-16)13-23/h4-7,15-18H,3,8-14H2,1-2H3,(H,24,25)/t15-,16?,17?,18?,23?,29+/m0/s1. The second-order valence-corrected chi connectivity index (χ2v) is 11.0. The van der Waals surface area contributed by atoms with Crippen molar-refractivity contribution in [3.8, 4) is 0 Å². The summed E-state index contributed by atoms with van der Waals surface area (Å²) in [5.74, 6) is 2.06. The van der Waals surface area contributed by atoms with Gasteiger partial charge in [0.05, 0.1) is 21.3 Å². The molecule has 0 heterocycles. The molecule has 4 aliphatic rings. The molecule has 4 saturated carbocycles. The summed E-state index contributed by atoms with van der Waals surface area (Å²) in [7, 11) is -1.25. The van der Waals surface area contributed by atoms with Crippen LogP contribution in [0.25, 0.3) is 0 Å². The number of ether oxygens (including phenoxy) is 1. The van der Waals surface area contributed by atoms with Gasteiger partial charge in [0.1, 0.15) is 0 Å². The predicted octanol–water partition coefficient (Wildman–Crippen LogP) is 3.69. The van der Waals surface area contributed by atoms with E-state index in [0.717, 1.165) is 17.8 Å². The Morgan fingerprint density at radius 1 is 1.14 bits per heavy atom. The molecule has 5 rings (SSSR count). The van der Waals surface area contributed by atoms with Crippen molar-refractivity contribution in [3.05, 3.63) is 29.8 Å². The van der Waals surface area contributed by atoms with Gasteiger partial charge in [0.2, 0.25) is 0 Å². The number of carbonyl (C=O) groups is 2. The molecular weight excluding hydrogens is 386 g/mol. The van der Waals surface area contributed by atoms with Crippen LogP contribution in [0.1, 0.15) is 62.7 Å². The maximum Gasteiger partial charge on any atom is 0.339 e. The summed E-state index contributed by atoms with van der Waals surface area (Å²) >= 11 is 0. The monoisotopic (exact) mass is 417 g/mol. The molecule has 4 aliphatic carbocycles. The molecule has 1 amide bonds. The van der Waals surface area contributed by atoms with Gasteiger partial charge in [0.15, 0.2) is 6.61 Å². The van der Waals surface area contributed by atoms with Gasteiger partial charge in [0, 0.05) is 11.8 Å². The second-order valence-electron chi connectivity index (χ2n) is 9.28. The first-order chi connectivity index (χ1) is 13.9. The maximum absolute atomic E-state index is 12.5. The molecule has 1 N–H and O–H groups in total. The highest BCUT2D eigenvalue weighted by Crippen LogP contribution is 2.61. The van der Waals surface area contributed by atoms with Crippen LogP contribution in [0, 0.1) is 23.2 Å². The van der Waals surface area contributed by atoms with E-state index in [9.17, 15) is 13.8 Å². The van der Waals surface area contributed by atoms with Crippen LogP contribution in [-0.2, 0) is 20.3 Å². The van der Waals surface area contributed by atoms with Crippen LogP contribution in [0.3, 0.4) is 0 Å². The summed E-state index contributed by atoms with van der Waals surface area (Å²) < 4.78 is 17.4. The lowest BCUT2D eigenvalue weighted by Crippen LogP contribution is -2.56. The third-order valence-corrected chi connectivity index (χ3v) is 8.70. The average molecular weight is 418 g/mol. The Balaban J connectivity index is 1.34. The minimum atomic E-state index is -1.25. The smallest absolute Gasteiger partial charge is 0.339 e. The number of carbonyl (C=O) groups excluding carboxylic acids is 2. The van der Waals surface area contributed by atoms with Crippen LogP contribution in [0.4, 0.5) is 0 Å². The van der Waals surface area contributed by atoms with Crippen LogP contribution >= 0.6 is 0 Å². The van der Waals surface area contributed by atoms with Crippen molar-refractivity contribution in [1.82, 2.24) is 5.32 Å². The highest BCUT2D eigenvalue weighted by molar-refractivity contribution is 7.85. The molecular formula is C23H31NO4S. The number of amides is 1. The topological polar surface area (TPSA) is 72.5 Å². The summed E-state index contributed by atoms with van der Waals surface area (Å²) in [4.78, 5) is 25.4. The fourth-order valence-electron chi connectivity index (χ4n) is 6.34. The van der Waals surface area contributed by atoms with Gasteiger partial charge in [0.25, 0.3) is 5.91 Å². The summed E-state index contributed by atoms with van der Waals surface area (Å²) in [6.45, 7) is 3.62. The molecule has 6 heteroatoms. The number of benzene rings is 1. The van der Waals surface area contributed by atoms with Crippen molar-refractivity contribution in [1.29, 1.82) is 0 Å². The van der Waals surface area contributed by atoms with Gasteiger partial charge in [-0.2, -0.15) is 0 Å². The zero-order chi connectivity index (χ0) is 20.6. The highest BCUT2D eigenvalue weighted by Gasteiger charge is 2.53. The molecule has 0 aromatic heterocycles. The van der Waals surface area contributed by atoms with E-state index in [1.54, 1.807) is 31.2 Å². The van der Waals surface area contributed by atoms with Gasteiger partial charge in [-0.15, -0.1) is 0 Å². The maximum atomic E-state index is 12.5. The highest BCUT2D eigenvalue weighted by atomic mass is 32.2. The van der Waals surface area contributed by atoms with E-state index in [0.29, 0.717) is 10.6 Å². The normalized spacial score (nSPS) is 31.9. The minimum Gasteiger partial charge on any atom is -0.452 e. The minimum absolute atomic E-state index is 0.0991. The first kappa shape index (κ1) is 20.6. The molecule has 2 atom stereocenters. The van der Waals surface area contributed by atoms with E-state index in [-0.39, 0.29) is 29.5 Å². The first-order valence-electron chi connectivity index (χ1n) is 10.8. The Hall–Kier alpha value is -1.69. The molecule has 158 valence electrons. The van der Waals surface area contributed by atoms with Crippen LogP contribution in [0.15, 0.2) is 29.2 Å². The molecule has 1 aromatic carbocycles. The van der Waals surface area contributed by atoms with Gasteiger partial charge in [-0.3, -0.25) is 9.00 Å². The lowest BCUT2D eigenvalue weighted by molar-refractivity contribution is -0.128. The molecule has 29 heavy (non-hydrogen) atoms. The van der Waals surface area contributed by atoms with Gasteiger partial charge in [-0.1, -0.05) is 19.1 Å². The molecule has 4 fully saturated rings. The Morgan fingerprint density at radius 2 is 1.72 bits per heavy atom. The Labute approximate surface area is 175 Å². The Kier molecular flexibility index (Phi) is 5.83. The fourth-order valence-corrected chi connectivity index (χ4v) is 7.28. The number of nitrogens with one attached hydrogen (secondary N) is 1. The van der Waals surface area contributed by atoms with E-state index in [2.05, 4.69) is 12.2 Å². The molecule has 0 unspecified atom stereocenters. The zero-order valence-electron chi connectivity index (χ0n) is 17.3. The van der Waals surface area contributed by atoms with E-state index in [4.69, 9.17) is 4.74 Å². The predicted molar refractivity (Wildman–Crippen MR) is 112 cm³/mol. The molecule has 5 nitrogen and oxygen atoms in total. The van der Waals surface area contributed by atoms with Crippen molar-refractivity contribution >= 4 is 22.7 Å². The molecule has 0 radical (unpaired) electrons. The Bertz CT molecular complexity index is 786. The van der Waals surface area contributed by atoms with Gasteiger partial charge in [-0.05, 0) is 80.8 Å². The summed E-state index contributed by atoms with van der Waals surface area (Å²) in [6.07, 6.45) is 7.77. The van der Waals surface area contributed by atoms with E-state index in [1.807, 2.05) is 0 Å². The van der Waals surface area contributed by atoms with Gasteiger partial charge < -0.3 is 10.1 Å². The average Bonchev–Trinajstić information content (AvgIpc) is 2.70. The van der Waals surface area contributed by atoms with Crippen molar-refractivity contribution in [2.75, 3.05) is 12.4 Å². The third kappa shape index (κ3) is 4.14. The molecule has 0 spiro atoms. The Morgan fingerprint density at radius 3 is 2.31 bits per heavy atom. The SMILES string of the molecule is CC[S@@](=O)c1ccccc1C(=O)OCC(=O)N[C@@H](C)C12CC3CC(CC(C3)C1)C2. The van der Waals surface area contributed by atoms with E-state index < -0.39 is 16.8 Å². The molecule has 4 bridgehead atoms. The zero-order valence-corrected chi connectivity index (χ0v) is 18.1. The van der Waals surface area contributed by atoms with Crippen molar-refractivity contribution < 1.29 is 18.5 Å². The van der Waals surface area contributed by atoms with Gasteiger partial charge >= 0.3 is 5.97 Å². The molecule has 1 aromatic rings. The van der Waals surface area contributed by atoms with Crippen LogP contribution in [0.2, 0.25) is 0 Å². The summed E-state index contributed by atoms with van der Waals surface area (Å²) in [6, 6.07) is 6.83.